The summed E-state index contributed by atoms with van der Waals surface area (Å²) in [6.07, 6.45) is 0. The van der Waals surface area contributed by atoms with Crippen molar-refractivity contribution in [1.29, 1.82) is 0 Å². The highest BCUT2D eigenvalue weighted by molar-refractivity contribution is 6.53. The van der Waals surface area contributed by atoms with Crippen molar-refractivity contribution < 1.29 is 9.59 Å². The van der Waals surface area contributed by atoms with Gasteiger partial charge in [0.05, 0.1) is 11.1 Å². The van der Waals surface area contributed by atoms with Gasteiger partial charge in [-0.25, -0.2) is 0 Å². The van der Waals surface area contributed by atoms with E-state index in [1.165, 1.54) is 0 Å². The number of imide groups is 1. The van der Waals surface area contributed by atoms with Gasteiger partial charge in [0.25, 0.3) is 11.8 Å². The van der Waals surface area contributed by atoms with E-state index in [1.807, 2.05) is 36.4 Å². The van der Waals surface area contributed by atoms with Crippen LogP contribution < -0.4 is 5.32 Å². The fraction of sp³-hybridized carbons (Fsp3) is 0. The van der Waals surface area contributed by atoms with E-state index in [9.17, 15) is 9.59 Å². The number of hydrogen-bond donors (Lipinski definition) is 1. The fourth-order valence-corrected chi connectivity index (χ4v) is 2.73. The number of amides is 2. The zero-order valence-electron chi connectivity index (χ0n) is 8.78. The molecular weight excluding hydrogens is 214 g/mol. The number of nitrogens with one attached hydrogen (secondary N) is 1. The maximum Gasteiger partial charge on any atom is 0.259 e. The fourth-order valence-electron chi connectivity index (χ4n) is 2.73. The predicted octanol–water partition coefficient (Wildman–Crippen LogP) is 1.72. The molecule has 0 bridgehead atoms. The van der Waals surface area contributed by atoms with Crippen LogP contribution in [0.3, 0.4) is 0 Å². The number of fused-ring (bicyclic) bond motifs is 2. The molecule has 0 atom stereocenters. The van der Waals surface area contributed by atoms with Gasteiger partial charge in [-0.2, -0.15) is 0 Å². The first-order valence-electron chi connectivity index (χ1n) is 5.40. The number of carbonyl (C=O) groups is 2. The molecule has 3 nitrogen and oxygen atoms in total. The summed E-state index contributed by atoms with van der Waals surface area (Å²) >= 11 is 0. The Kier molecular flexibility index (Phi) is 1.35. The molecule has 1 heterocycles. The topological polar surface area (TPSA) is 46.2 Å². The quantitative estimate of drug-likeness (QED) is 0.688. The van der Waals surface area contributed by atoms with Crippen LogP contribution in [0.2, 0.25) is 0 Å². The van der Waals surface area contributed by atoms with E-state index < -0.39 is 0 Å². The van der Waals surface area contributed by atoms with E-state index in [4.69, 9.17) is 0 Å². The van der Waals surface area contributed by atoms with Crippen LogP contribution in [0.5, 0.6) is 0 Å². The number of carbonyl (C=O) groups excluding carboxylic acids is 2. The van der Waals surface area contributed by atoms with Gasteiger partial charge in [0, 0.05) is 0 Å². The van der Waals surface area contributed by atoms with Crippen LogP contribution in [0.25, 0.3) is 21.9 Å². The molecule has 0 saturated heterocycles. The lowest BCUT2D eigenvalue weighted by atomic mass is 10.0. The highest BCUT2D eigenvalue weighted by Gasteiger charge is 2.38. The average Bonchev–Trinajstić information content (AvgIpc) is 2.81. The molecule has 4 rings (SSSR count). The summed E-state index contributed by atoms with van der Waals surface area (Å²) < 4.78 is 0. The van der Waals surface area contributed by atoms with Crippen molar-refractivity contribution in [3.05, 3.63) is 47.5 Å². The summed E-state index contributed by atoms with van der Waals surface area (Å²) in [6, 6.07) is 11.6. The van der Waals surface area contributed by atoms with Crippen molar-refractivity contribution in [2.75, 3.05) is 0 Å². The van der Waals surface area contributed by atoms with Crippen LogP contribution in [0.15, 0.2) is 36.4 Å². The van der Waals surface area contributed by atoms with Crippen LogP contribution in [0, 0.1) is 0 Å². The van der Waals surface area contributed by atoms with Gasteiger partial charge in [-0.15, -0.1) is 0 Å². The third-order valence-corrected chi connectivity index (χ3v) is 3.37. The first-order chi connectivity index (χ1) is 8.27. The Morgan fingerprint density at radius 3 is 1.82 bits per heavy atom. The summed E-state index contributed by atoms with van der Waals surface area (Å²) in [5, 5.41) is 4.43. The summed E-state index contributed by atoms with van der Waals surface area (Å²) in [5.74, 6) is -0.567. The van der Waals surface area contributed by atoms with Gasteiger partial charge in [-0.05, 0) is 21.9 Å². The molecule has 1 N–H and O–H groups in total. The minimum absolute atomic E-state index is 0.284. The summed E-state index contributed by atoms with van der Waals surface area (Å²) in [6.45, 7) is 0. The second kappa shape index (κ2) is 2.63. The van der Waals surface area contributed by atoms with Gasteiger partial charge in [0.1, 0.15) is 0 Å². The SMILES string of the molecule is O=C1NC(=O)C2=C1c1cccc3cccc2c13. The number of rotatable bonds is 0. The van der Waals surface area contributed by atoms with Crippen molar-refractivity contribution >= 4 is 33.7 Å². The van der Waals surface area contributed by atoms with Crippen LogP contribution in [-0.4, -0.2) is 11.8 Å². The molecule has 1 aliphatic heterocycles. The molecule has 2 amide bonds. The Bertz CT molecular complexity index is 697. The van der Waals surface area contributed by atoms with Crippen LogP contribution >= 0.6 is 0 Å². The molecule has 0 fully saturated rings. The van der Waals surface area contributed by atoms with Crippen LogP contribution in [-0.2, 0) is 9.59 Å². The minimum Gasteiger partial charge on any atom is -0.288 e. The minimum atomic E-state index is -0.284. The monoisotopic (exact) mass is 221 g/mol. The molecule has 3 heteroatoms. The lowest BCUT2D eigenvalue weighted by Crippen LogP contribution is -2.23. The molecule has 2 aromatic carbocycles. The van der Waals surface area contributed by atoms with Gasteiger partial charge in [-0.3, -0.25) is 14.9 Å². The molecule has 0 spiro atoms. The van der Waals surface area contributed by atoms with Crippen molar-refractivity contribution in [2.24, 2.45) is 0 Å². The van der Waals surface area contributed by atoms with Crippen molar-refractivity contribution in [3.8, 4) is 0 Å². The van der Waals surface area contributed by atoms with E-state index in [0.717, 1.165) is 21.9 Å². The number of hydrogen-bond acceptors (Lipinski definition) is 2. The molecule has 0 saturated carbocycles. The average molecular weight is 221 g/mol. The van der Waals surface area contributed by atoms with E-state index in [0.29, 0.717) is 11.1 Å². The standard InChI is InChI=1S/C14H7NO2/c16-13-11-8-5-1-3-7-4-2-6-9(10(7)8)12(11)14(17)15-13/h1-6H,(H,15,16,17). The molecule has 0 unspecified atom stereocenters. The maximum absolute atomic E-state index is 11.8. The first-order valence-corrected chi connectivity index (χ1v) is 5.40. The molecule has 1 aliphatic carbocycles. The molecule has 17 heavy (non-hydrogen) atoms. The zero-order chi connectivity index (χ0) is 11.6. The highest BCUT2D eigenvalue weighted by Crippen LogP contribution is 2.44. The lowest BCUT2D eigenvalue weighted by Gasteiger charge is -2.05. The molecule has 0 radical (unpaired) electrons. The van der Waals surface area contributed by atoms with Crippen LogP contribution in [0.1, 0.15) is 11.1 Å². The highest BCUT2D eigenvalue weighted by atomic mass is 16.2. The zero-order valence-corrected chi connectivity index (χ0v) is 8.78. The van der Waals surface area contributed by atoms with E-state index in [2.05, 4.69) is 5.32 Å². The van der Waals surface area contributed by atoms with Crippen molar-refractivity contribution in [3.63, 3.8) is 0 Å². The predicted molar refractivity (Wildman–Crippen MR) is 63.9 cm³/mol. The van der Waals surface area contributed by atoms with Gasteiger partial charge in [0.2, 0.25) is 0 Å². The van der Waals surface area contributed by atoms with Crippen LogP contribution in [0.4, 0.5) is 0 Å². The summed E-state index contributed by atoms with van der Waals surface area (Å²) in [7, 11) is 0. The Morgan fingerprint density at radius 1 is 0.765 bits per heavy atom. The summed E-state index contributed by atoms with van der Waals surface area (Å²) in [4.78, 5) is 23.6. The normalized spacial score (nSPS) is 16.7. The first kappa shape index (κ1) is 8.70. The largest absolute Gasteiger partial charge is 0.288 e. The maximum atomic E-state index is 11.8. The Balaban J connectivity index is 2.24. The third-order valence-electron chi connectivity index (χ3n) is 3.37. The number of benzene rings is 2. The van der Waals surface area contributed by atoms with E-state index in [-0.39, 0.29) is 11.8 Å². The van der Waals surface area contributed by atoms with E-state index >= 15 is 0 Å². The molecular formula is C14H7NO2. The van der Waals surface area contributed by atoms with Crippen molar-refractivity contribution in [1.82, 2.24) is 5.32 Å². The Morgan fingerprint density at radius 2 is 1.29 bits per heavy atom. The van der Waals surface area contributed by atoms with Gasteiger partial charge in [-0.1, -0.05) is 36.4 Å². The smallest absolute Gasteiger partial charge is 0.259 e. The van der Waals surface area contributed by atoms with Gasteiger partial charge >= 0.3 is 0 Å². The Labute approximate surface area is 96.7 Å². The summed E-state index contributed by atoms with van der Waals surface area (Å²) in [5.41, 5.74) is 2.80. The lowest BCUT2D eigenvalue weighted by molar-refractivity contribution is -0.122. The van der Waals surface area contributed by atoms with Gasteiger partial charge < -0.3 is 0 Å². The van der Waals surface area contributed by atoms with Crippen molar-refractivity contribution in [2.45, 2.75) is 0 Å². The molecule has 2 aliphatic rings. The Hall–Kier alpha value is -2.42. The third kappa shape index (κ3) is 0.877. The second-order valence-corrected chi connectivity index (χ2v) is 4.24. The molecule has 0 aromatic heterocycles. The second-order valence-electron chi connectivity index (χ2n) is 4.24. The molecule has 2 aromatic rings. The molecule has 80 valence electrons. The van der Waals surface area contributed by atoms with E-state index in [1.54, 1.807) is 0 Å². The van der Waals surface area contributed by atoms with Gasteiger partial charge in [0.15, 0.2) is 0 Å².